The van der Waals surface area contributed by atoms with Gasteiger partial charge in [0.1, 0.15) is 17.6 Å². The highest BCUT2D eigenvalue weighted by Crippen LogP contribution is 2.41. The van der Waals surface area contributed by atoms with Crippen LogP contribution in [0.5, 0.6) is 0 Å². The zero-order valence-corrected chi connectivity index (χ0v) is 22.6. The van der Waals surface area contributed by atoms with Gasteiger partial charge in [-0.1, -0.05) is 54.6 Å². The van der Waals surface area contributed by atoms with Gasteiger partial charge in [-0.2, -0.15) is 0 Å². The van der Waals surface area contributed by atoms with E-state index in [2.05, 4.69) is 15.6 Å². The van der Waals surface area contributed by atoms with Crippen molar-refractivity contribution in [1.29, 1.82) is 0 Å². The number of carbonyl (C=O) groups is 1. The molecule has 10 heteroatoms. The second-order valence-corrected chi connectivity index (χ2v) is 10.0. The number of fused-ring (bicyclic) bond motifs is 1. The molecule has 6 rings (SSSR count). The quantitative estimate of drug-likeness (QED) is 0.127. The molecule has 9 nitrogen and oxygen atoms in total. The van der Waals surface area contributed by atoms with Crippen LogP contribution < -0.4 is 10.6 Å². The maximum absolute atomic E-state index is 13.1. The van der Waals surface area contributed by atoms with Crippen molar-refractivity contribution < 1.29 is 14.1 Å². The summed E-state index contributed by atoms with van der Waals surface area (Å²) in [6, 6.07) is 28.5. The summed E-state index contributed by atoms with van der Waals surface area (Å²) in [5.41, 5.74) is 1.84. The molecule has 0 saturated carbocycles. The van der Waals surface area contributed by atoms with Gasteiger partial charge < -0.3 is 20.0 Å². The molecule has 2 aromatic heterocycles. The molecule has 204 valence electrons. The van der Waals surface area contributed by atoms with Crippen molar-refractivity contribution in [3.8, 4) is 11.3 Å². The third kappa shape index (κ3) is 5.24. The van der Waals surface area contributed by atoms with Crippen LogP contribution in [0.4, 0.5) is 11.4 Å². The minimum Gasteiger partial charge on any atom is -0.459 e. The van der Waals surface area contributed by atoms with Gasteiger partial charge in [-0.15, -0.1) is 0 Å². The van der Waals surface area contributed by atoms with Crippen molar-refractivity contribution >= 4 is 45.4 Å². The predicted molar refractivity (Wildman–Crippen MR) is 160 cm³/mol. The van der Waals surface area contributed by atoms with Crippen molar-refractivity contribution in [3.63, 3.8) is 0 Å². The minimum absolute atomic E-state index is 0.0447. The van der Waals surface area contributed by atoms with E-state index >= 15 is 0 Å². The fraction of sp³-hybridized carbons (Fsp3) is 0.129. The van der Waals surface area contributed by atoms with Crippen molar-refractivity contribution in [2.24, 2.45) is 0 Å². The first-order valence-corrected chi connectivity index (χ1v) is 13.5. The number of thiocarbonyl (C=S) groups is 1. The molecule has 1 saturated heterocycles. The van der Waals surface area contributed by atoms with Gasteiger partial charge in [-0.3, -0.25) is 19.9 Å². The van der Waals surface area contributed by atoms with Crippen LogP contribution in [0.1, 0.15) is 30.0 Å². The first-order chi connectivity index (χ1) is 20.0. The molecule has 41 heavy (non-hydrogen) atoms. The smallest absolute Gasteiger partial charge is 0.280 e. The minimum atomic E-state index is -0.431. The first kappa shape index (κ1) is 26.1. The molecule has 0 aliphatic carbocycles. The van der Waals surface area contributed by atoms with Crippen LogP contribution in [0.3, 0.4) is 0 Å². The lowest BCUT2D eigenvalue weighted by Crippen LogP contribution is -2.32. The fourth-order valence-corrected chi connectivity index (χ4v) is 5.55. The molecule has 3 heterocycles. The van der Waals surface area contributed by atoms with Crippen LogP contribution in [0, 0.1) is 10.1 Å². The summed E-state index contributed by atoms with van der Waals surface area (Å²) in [6.45, 7) is 0.317. The number of nitrogens with one attached hydrogen (secondary N) is 2. The van der Waals surface area contributed by atoms with Gasteiger partial charge in [0, 0.05) is 36.3 Å². The highest BCUT2D eigenvalue weighted by atomic mass is 32.1. The summed E-state index contributed by atoms with van der Waals surface area (Å²) >= 11 is 5.72. The first-order valence-electron chi connectivity index (χ1n) is 13.1. The zero-order valence-electron chi connectivity index (χ0n) is 21.8. The van der Waals surface area contributed by atoms with E-state index in [-0.39, 0.29) is 24.1 Å². The van der Waals surface area contributed by atoms with Crippen LogP contribution in [0.25, 0.3) is 22.1 Å². The predicted octanol–water partition coefficient (Wildman–Crippen LogP) is 6.40. The van der Waals surface area contributed by atoms with E-state index in [1.54, 1.807) is 36.5 Å². The van der Waals surface area contributed by atoms with Crippen LogP contribution in [0.2, 0.25) is 0 Å². The summed E-state index contributed by atoms with van der Waals surface area (Å²) < 4.78 is 6.25. The Morgan fingerprint density at radius 1 is 1.00 bits per heavy atom. The van der Waals surface area contributed by atoms with Gasteiger partial charge in [-0.25, -0.2) is 0 Å². The van der Waals surface area contributed by atoms with E-state index in [0.29, 0.717) is 28.7 Å². The van der Waals surface area contributed by atoms with Crippen LogP contribution in [0.15, 0.2) is 108 Å². The number of amides is 1. The molecule has 0 spiro atoms. The lowest BCUT2D eigenvalue weighted by molar-refractivity contribution is -0.384. The average Bonchev–Trinajstić information content (AvgIpc) is 3.61. The second-order valence-electron chi connectivity index (χ2n) is 9.62. The highest BCUT2D eigenvalue weighted by molar-refractivity contribution is 7.80. The summed E-state index contributed by atoms with van der Waals surface area (Å²) in [7, 11) is 0. The number of nitro benzene ring substituents is 1. The molecular formula is C31H25N5O4S. The van der Waals surface area contributed by atoms with E-state index in [1.165, 1.54) is 6.07 Å². The number of para-hydroxylation sites is 1. The lowest BCUT2D eigenvalue weighted by Gasteiger charge is -2.26. The number of hydrogen-bond acceptors (Lipinski definition) is 6. The Bertz CT molecular complexity index is 1750. The van der Waals surface area contributed by atoms with E-state index in [4.69, 9.17) is 16.6 Å². The van der Waals surface area contributed by atoms with Crippen molar-refractivity contribution in [3.05, 3.63) is 125 Å². The van der Waals surface area contributed by atoms with Gasteiger partial charge in [0.15, 0.2) is 5.11 Å². The van der Waals surface area contributed by atoms with Gasteiger partial charge in [0.05, 0.1) is 22.2 Å². The number of furan rings is 1. The number of nitrogens with zero attached hydrogens (tertiary/aromatic N) is 3. The van der Waals surface area contributed by atoms with E-state index in [9.17, 15) is 14.9 Å². The van der Waals surface area contributed by atoms with Gasteiger partial charge in [0.25, 0.3) is 5.69 Å². The molecule has 3 aromatic carbocycles. The molecule has 1 aliphatic heterocycles. The number of benzene rings is 3. The molecule has 1 aliphatic rings. The molecular weight excluding hydrogens is 538 g/mol. The van der Waals surface area contributed by atoms with Crippen molar-refractivity contribution in [2.75, 3.05) is 11.9 Å². The molecule has 2 N–H and O–H groups in total. The topological polar surface area (TPSA) is 114 Å². The number of carbonyl (C=O) groups excluding carboxylic acids is 1. The fourth-order valence-electron chi connectivity index (χ4n) is 5.22. The normalized spacial score (nSPS) is 16.5. The Hall–Kier alpha value is -5.09. The maximum atomic E-state index is 13.1. The Balaban J connectivity index is 1.28. The molecule has 1 amide bonds. The average molecular weight is 564 g/mol. The summed E-state index contributed by atoms with van der Waals surface area (Å²) in [6.07, 6.45) is 1.88. The van der Waals surface area contributed by atoms with Crippen LogP contribution in [-0.4, -0.2) is 32.4 Å². The number of nitro groups is 1. The van der Waals surface area contributed by atoms with Gasteiger partial charge >= 0.3 is 0 Å². The van der Waals surface area contributed by atoms with Crippen molar-refractivity contribution in [2.45, 2.75) is 18.5 Å². The van der Waals surface area contributed by atoms with E-state index in [1.807, 2.05) is 65.6 Å². The molecule has 0 bridgehead atoms. The summed E-state index contributed by atoms with van der Waals surface area (Å²) in [4.78, 5) is 30.7. The third-order valence-corrected chi connectivity index (χ3v) is 7.48. The zero-order chi connectivity index (χ0) is 28.3. The summed E-state index contributed by atoms with van der Waals surface area (Å²) in [5.74, 6) is 0.776. The standard InChI is InChI=1S/C31H25N5O4S/c37-28(33-23-13-7-9-20-8-1-2-10-21(20)23)17-19-35-30(29(34-31(35)41)24-12-5-6-18-32-24)27-16-15-26(40-27)22-11-3-4-14-25(22)36(38)39/h1-16,18,29-30H,17,19H2,(H,33,37)(H,34,41)/t29-,30-/m1/s1. The van der Waals surface area contributed by atoms with Crippen molar-refractivity contribution in [1.82, 2.24) is 15.2 Å². The SMILES string of the molecule is O=C(CCN1C(=S)N[C@H](c2ccccn2)[C@H]1c1ccc(-c2ccccc2[N+](=O)[O-])o1)Nc1cccc2ccccc12. The Morgan fingerprint density at radius 3 is 2.61 bits per heavy atom. The lowest BCUT2D eigenvalue weighted by atomic mass is 10.0. The van der Waals surface area contributed by atoms with E-state index < -0.39 is 11.0 Å². The van der Waals surface area contributed by atoms with Crippen LogP contribution in [-0.2, 0) is 4.79 Å². The second kappa shape index (κ2) is 11.2. The Labute approximate surface area is 241 Å². The largest absolute Gasteiger partial charge is 0.459 e. The van der Waals surface area contributed by atoms with Crippen LogP contribution >= 0.6 is 12.2 Å². The highest BCUT2D eigenvalue weighted by Gasteiger charge is 2.41. The molecule has 1 fully saturated rings. The molecule has 0 unspecified atom stereocenters. The number of pyridine rings is 1. The Morgan fingerprint density at radius 2 is 1.78 bits per heavy atom. The maximum Gasteiger partial charge on any atom is 0.280 e. The third-order valence-electron chi connectivity index (χ3n) is 7.13. The number of anilines is 1. The molecule has 2 atom stereocenters. The molecule has 0 radical (unpaired) electrons. The Kier molecular flexibility index (Phi) is 7.13. The van der Waals surface area contributed by atoms with Gasteiger partial charge in [0.2, 0.25) is 5.91 Å². The number of aromatic nitrogens is 1. The number of rotatable bonds is 8. The van der Waals surface area contributed by atoms with E-state index in [0.717, 1.165) is 22.2 Å². The number of hydrogen-bond donors (Lipinski definition) is 2. The summed E-state index contributed by atoms with van der Waals surface area (Å²) in [5, 5.41) is 20.5. The monoisotopic (exact) mass is 563 g/mol. The molecule has 5 aromatic rings. The van der Waals surface area contributed by atoms with Gasteiger partial charge in [-0.05, 0) is 54.0 Å².